The van der Waals surface area contributed by atoms with Crippen molar-refractivity contribution in [3.05, 3.63) is 65.0 Å². The van der Waals surface area contributed by atoms with E-state index >= 15 is 0 Å². The topological polar surface area (TPSA) is 78.0 Å². The predicted molar refractivity (Wildman–Crippen MR) is 137 cm³/mol. The molecule has 1 heterocycles. The molecule has 32 heavy (non-hydrogen) atoms. The van der Waals surface area contributed by atoms with Crippen molar-refractivity contribution in [2.75, 3.05) is 51.8 Å². The standard InChI is InChI=1S/C23H30FN5O2.HI/c1-25-22(30)19-5-3-4-17(14-19)8-9-27-23(26-2)28-16-18-6-7-21(20(24)15-18)29-10-12-31-13-11-29;/h3-7,14-15H,8-13,16H2,1-2H3,(H,25,30)(H2,26,27,28);1H. The van der Waals surface area contributed by atoms with E-state index < -0.39 is 0 Å². The van der Waals surface area contributed by atoms with Crippen LogP contribution >= 0.6 is 24.0 Å². The SMILES string of the molecule is CN=C(NCCc1cccc(C(=O)NC)c1)NCc1ccc(N2CCOCC2)c(F)c1.I. The van der Waals surface area contributed by atoms with Gasteiger partial charge in [-0.05, 0) is 41.8 Å². The molecule has 1 aliphatic heterocycles. The first kappa shape index (κ1) is 25.9. The Morgan fingerprint density at radius 1 is 1.12 bits per heavy atom. The molecule has 174 valence electrons. The maximum atomic E-state index is 14.6. The molecule has 0 atom stereocenters. The van der Waals surface area contributed by atoms with Crippen molar-refractivity contribution in [1.82, 2.24) is 16.0 Å². The number of carbonyl (C=O) groups excluding carboxylic acids is 1. The van der Waals surface area contributed by atoms with Gasteiger partial charge in [0.05, 0.1) is 18.9 Å². The number of hydrogen-bond donors (Lipinski definition) is 3. The molecule has 0 aromatic heterocycles. The second kappa shape index (κ2) is 13.2. The van der Waals surface area contributed by atoms with Crippen molar-refractivity contribution < 1.29 is 13.9 Å². The zero-order valence-corrected chi connectivity index (χ0v) is 20.8. The summed E-state index contributed by atoms with van der Waals surface area (Å²) in [5, 5.41) is 9.09. The van der Waals surface area contributed by atoms with Crippen molar-refractivity contribution in [3.63, 3.8) is 0 Å². The molecule has 0 unspecified atom stereocenters. The minimum atomic E-state index is -0.222. The number of carbonyl (C=O) groups is 1. The van der Waals surface area contributed by atoms with Crippen LogP contribution in [0.3, 0.4) is 0 Å². The van der Waals surface area contributed by atoms with E-state index in [1.54, 1.807) is 26.2 Å². The largest absolute Gasteiger partial charge is 0.378 e. The van der Waals surface area contributed by atoms with Crippen LogP contribution in [-0.4, -0.2) is 58.8 Å². The minimum absolute atomic E-state index is 0. The number of amides is 1. The van der Waals surface area contributed by atoms with Gasteiger partial charge in [-0.2, -0.15) is 0 Å². The first-order chi connectivity index (χ1) is 15.1. The highest BCUT2D eigenvalue weighted by Crippen LogP contribution is 2.21. The number of guanidine groups is 1. The van der Waals surface area contributed by atoms with E-state index in [-0.39, 0.29) is 35.7 Å². The molecule has 3 rings (SSSR count). The van der Waals surface area contributed by atoms with Crippen LogP contribution in [0.2, 0.25) is 0 Å². The Bertz CT molecular complexity index is 919. The molecule has 1 fully saturated rings. The van der Waals surface area contributed by atoms with Crippen LogP contribution in [0.4, 0.5) is 10.1 Å². The molecular weight excluding hydrogens is 524 g/mol. The number of morpholine rings is 1. The lowest BCUT2D eigenvalue weighted by atomic mass is 10.1. The summed E-state index contributed by atoms with van der Waals surface area (Å²) in [5.41, 5.74) is 3.17. The molecule has 1 amide bonds. The molecule has 0 bridgehead atoms. The number of halogens is 2. The molecule has 0 aliphatic carbocycles. The fourth-order valence-corrected chi connectivity index (χ4v) is 3.47. The number of anilines is 1. The Morgan fingerprint density at radius 3 is 2.59 bits per heavy atom. The molecule has 0 spiro atoms. The molecule has 0 radical (unpaired) electrons. The highest BCUT2D eigenvalue weighted by molar-refractivity contribution is 14.0. The molecule has 2 aromatic carbocycles. The minimum Gasteiger partial charge on any atom is -0.378 e. The van der Waals surface area contributed by atoms with Crippen molar-refractivity contribution >= 4 is 41.5 Å². The van der Waals surface area contributed by atoms with Gasteiger partial charge in [0, 0.05) is 45.8 Å². The van der Waals surface area contributed by atoms with Gasteiger partial charge in [-0.3, -0.25) is 9.79 Å². The van der Waals surface area contributed by atoms with Crippen molar-refractivity contribution in [1.29, 1.82) is 0 Å². The number of benzene rings is 2. The number of hydrogen-bond acceptors (Lipinski definition) is 4. The van der Waals surface area contributed by atoms with Gasteiger partial charge in [0.25, 0.3) is 5.91 Å². The van der Waals surface area contributed by atoms with Gasteiger partial charge in [-0.15, -0.1) is 24.0 Å². The van der Waals surface area contributed by atoms with E-state index in [1.807, 2.05) is 35.2 Å². The average molecular weight is 555 g/mol. The first-order valence-corrected chi connectivity index (χ1v) is 10.5. The molecule has 9 heteroatoms. The van der Waals surface area contributed by atoms with Crippen LogP contribution in [-0.2, 0) is 17.7 Å². The van der Waals surface area contributed by atoms with Crippen LogP contribution in [0.5, 0.6) is 0 Å². The van der Waals surface area contributed by atoms with Gasteiger partial charge in [0.1, 0.15) is 5.82 Å². The Balaban J connectivity index is 0.00000363. The fraction of sp³-hybridized carbons (Fsp3) is 0.391. The molecule has 1 aliphatic rings. The number of aliphatic imine (C=N–C) groups is 1. The van der Waals surface area contributed by atoms with Gasteiger partial charge >= 0.3 is 0 Å². The summed E-state index contributed by atoms with van der Waals surface area (Å²) in [5.74, 6) is 0.319. The summed E-state index contributed by atoms with van der Waals surface area (Å²) >= 11 is 0. The first-order valence-electron chi connectivity index (χ1n) is 10.5. The summed E-state index contributed by atoms with van der Waals surface area (Å²) in [7, 11) is 3.32. The lowest BCUT2D eigenvalue weighted by Crippen LogP contribution is -2.38. The average Bonchev–Trinajstić information content (AvgIpc) is 2.81. The normalized spacial score (nSPS) is 13.8. The Morgan fingerprint density at radius 2 is 1.91 bits per heavy atom. The Hall–Kier alpha value is -2.40. The maximum absolute atomic E-state index is 14.6. The van der Waals surface area contributed by atoms with Crippen molar-refractivity contribution in [2.24, 2.45) is 4.99 Å². The van der Waals surface area contributed by atoms with Crippen LogP contribution in [0.15, 0.2) is 47.5 Å². The van der Waals surface area contributed by atoms with Gasteiger partial charge < -0.3 is 25.6 Å². The summed E-state index contributed by atoms with van der Waals surface area (Å²) < 4.78 is 19.9. The van der Waals surface area contributed by atoms with E-state index in [2.05, 4.69) is 20.9 Å². The maximum Gasteiger partial charge on any atom is 0.251 e. The second-order valence-electron chi connectivity index (χ2n) is 7.27. The van der Waals surface area contributed by atoms with Crippen LogP contribution in [0, 0.1) is 5.82 Å². The molecule has 2 aromatic rings. The molecule has 0 saturated carbocycles. The van der Waals surface area contributed by atoms with Crippen LogP contribution in [0.25, 0.3) is 0 Å². The van der Waals surface area contributed by atoms with E-state index in [9.17, 15) is 9.18 Å². The number of rotatable bonds is 7. The van der Waals surface area contributed by atoms with Gasteiger partial charge in [0.15, 0.2) is 5.96 Å². The van der Waals surface area contributed by atoms with Crippen molar-refractivity contribution in [2.45, 2.75) is 13.0 Å². The van der Waals surface area contributed by atoms with Gasteiger partial charge in [-0.1, -0.05) is 18.2 Å². The van der Waals surface area contributed by atoms with E-state index in [4.69, 9.17) is 4.74 Å². The third kappa shape index (κ3) is 7.33. The molecular formula is C23H31FIN5O2. The Labute approximate surface area is 205 Å². The lowest BCUT2D eigenvalue weighted by Gasteiger charge is -2.29. The summed E-state index contributed by atoms with van der Waals surface area (Å²) in [6.45, 7) is 3.78. The second-order valence-corrected chi connectivity index (χ2v) is 7.27. The highest BCUT2D eigenvalue weighted by Gasteiger charge is 2.15. The number of ether oxygens (including phenoxy) is 1. The molecule has 3 N–H and O–H groups in total. The zero-order valence-electron chi connectivity index (χ0n) is 18.5. The summed E-state index contributed by atoms with van der Waals surface area (Å²) in [6, 6.07) is 12.9. The van der Waals surface area contributed by atoms with Crippen molar-refractivity contribution in [3.8, 4) is 0 Å². The van der Waals surface area contributed by atoms with Crippen LogP contribution in [0.1, 0.15) is 21.5 Å². The molecule has 7 nitrogen and oxygen atoms in total. The smallest absolute Gasteiger partial charge is 0.251 e. The lowest BCUT2D eigenvalue weighted by molar-refractivity contribution is 0.0963. The zero-order chi connectivity index (χ0) is 22.1. The third-order valence-corrected chi connectivity index (χ3v) is 5.17. The predicted octanol–water partition coefficient (Wildman–Crippen LogP) is 2.55. The summed E-state index contributed by atoms with van der Waals surface area (Å²) in [4.78, 5) is 18.0. The monoisotopic (exact) mass is 555 g/mol. The van der Waals surface area contributed by atoms with E-state index in [0.29, 0.717) is 56.6 Å². The van der Waals surface area contributed by atoms with Crippen LogP contribution < -0.4 is 20.9 Å². The Kier molecular flexibility index (Phi) is 10.7. The number of nitrogens with one attached hydrogen (secondary N) is 3. The molecule has 1 saturated heterocycles. The fourth-order valence-electron chi connectivity index (χ4n) is 3.47. The number of nitrogens with zero attached hydrogens (tertiary/aromatic N) is 2. The van der Waals surface area contributed by atoms with Gasteiger partial charge in [0.2, 0.25) is 0 Å². The van der Waals surface area contributed by atoms with E-state index in [0.717, 1.165) is 17.5 Å². The quantitative estimate of drug-likeness (QED) is 0.278. The third-order valence-electron chi connectivity index (χ3n) is 5.17. The van der Waals surface area contributed by atoms with Gasteiger partial charge in [-0.25, -0.2) is 4.39 Å². The highest BCUT2D eigenvalue weighted by atomic mass is 127. The van der Waals surface area contributed by atoms with E-state index in [1.165, 1.54) is 0 Å². The summed E-state index contributed by atoms with van der Waals surface area (Å²) in [6.07, 6.45) is 0.744.